The lowest BCUT2D eigenvalue weighted by Crippen LogP contribution is -2.54. The summed E-state index contributed by atoms with van der Waals surface area (Å²) in [5, 5.41) is 13.9. The molecule has 0 saturated heterocycles. The Morgan fingerprint density at radius 1 is 1.03 bits per heavy atom. The normalized spacial score (nSPS) is 19.5. The van der Waals surface area contributed by atoms with Crippen LogP contribution in [0.4, 0.5) is 5.69 Å². The molecule has 0 radical (unpaired) electrons. The molecule has 1 unspecified atom stereocenters. The fraction of sp³-hybridized carbons (Fsp3) is 0.517. The highest BCUT2D eigenvalue weighted by molar-refractivity contribution is 5.92. The van der Waals surface area contributed by atoms with E-state index < -0.39 is 5.97 Å². The largest absolute Gasteiger partial charge is 0.481 e. The van der Waals surface area contributed by atoms with Crippen molar-refractivity contribution in [3.63, 3.8) is 0 Å². The number of hydrazine groups is 1. The average molecular weight is 478 g/mol. The third kappa shape index (κ3) is 6.43. The van der Waals surface area contributed by atoms with Crippen LogP contribution in [0.1, 0.15) is 82.4 Å². The Bertz CT molecular complexity index is 984. The number of hydrogen-bond donors (Lipinski definition) is 1. The zero-order valence-electron chi connectivity index (χ0n) is 21.3. The van der Waals surface area contributed by atoms with Crippen LogP contribution in [0.25, 0.3) is 0 Å². The maximum Gasteiger partial charge on any atom is 0.308 e. The number of amidine groups is 1. The minimum atomic E-state index is -0.774. The van der Waals surface area contributed by atoms with Crippen molar-refractivity contribution in [1.82, 2.24) is 5.01 Å². The zero-order valence-corrected chi connectivity index (χ0v) is 21.3. The predicted molar refractivity (Wildman–Crippen MR) is 141 cm³/mol. The second kappa shape index (κ2) is 11.7. The fourth-order valence-electron chi connectivity index (χ4n) is 5.16. The first-order valence-electron chi connectivity index (χ1n) is 13.1. The van der Waals surface area contributed by atoms with Gasteiger partial charge in [0.25, 0.3) is 0 Å². The van der Waals surface area contributed by atoms with Crippen molar-refractivity contribution >= 4 is 17.7 Å². The molecular weight excluding hydrogens is 438 g/mol. The summed E-state index contributed by atoms with van der Waals surface area (Å²) < 4.78 is 6.28. The molecule has 2 atom stereocenters. The predicted octanol–water partition coefficient (Wildman–Crippen LogP) is 6.40. The molecule has 1 fully saturated rings. The summed E-state index contributed by atoms with van der Waals surface area (Å²) in [6, 6.07) is 19.7. The maximum atomic E-state index is 11.2. The fourth-order valence-corrected chi connectivity index (χ4v) is 5.16. The second-order valence-electron chi connectivity index (χ2n) is 10.4. The Labute approximate surface area is 209 Å². The summed E-state index contributed by atoms with van der Waals surface area (Å²) in [6.07, 6.45) is 6.27. The Morgan fingerprint density at radius 3 is 2.34 bits per heavy atom. The number of carboxylic acids is 1. The van der Waals surface area contributed by atoms with Crippen LogP contribution in [0, 0.1) is 5.92 Å². The van der Waals surface area contributed by atoms with Gasteiger partial charge in [-0.25, -0.2) is 15.0 Å². The summed E-state index contributed by atoms with van der Waals surface area (Å²) in [5.74, 6) is -0.326. The minimum Gasteiger partial charge on any atom is -0.481 e. The third-order valence-electron chi connectivity index (χ3n) is 6.99. The highest BCUT2D eigenvalue weighted by Gasteiger charge is 2.34. The Balaban J connectivity index is 1.69. The van der Waals surface area contributed by atoms with Crippen molar-refractivity contribution in [3.05, 3.63) is 65.7 Å². The van der Waals surface area contributed by atoms with E-state index in [-0.39, 0.29) is 18.4 Å². The lowest BCUT2D eigenvalue weighted by atomic mass is 9.94. The SMILES string of the molecule is CC(C)CN(C1CCCCC1)N(C1=N[C@H](c2ccccc2)CO1)c1ccc(C(C)CC(=O)O)cc1. The number of hydrogen-bond acceptors (Lipinski definition) is 5. The lowest BCUT2D eigenvalue weighted by Gasteiger charge is -2.43. The van der Waals surface area contributed by atoms with Crippen LogP contribution in [0.15, 0.2) is 59.6 Å². The topological polar surface area (TPSA) is 65.4 Å². The molecule has 6 heteroatoms. The summed E-state index contributed by atoms with van der Waals surface area (Å²) >= 11 is 0. The van der Waals surface area contributed by atoms with Gasteiger partial charge in [-0.05, 0) is 47.9 Å². The molecule has 2 aromatic carbocycles. The molecule has 1 N–H and O–H groups in total. The first-order chi connectivity index (χ1) is 16.9. The monoisotopic (exact) mass is 477 g/mol. The number of ether oxygens (including phenoxy) is 1. The number of rotatable bonds is 9. The molecule has 2 aromatic rings. The van der Waals surface area contributed by atoms with E-state index in [1.807, 2.05) is 25.1 Å². The van der Waals surface area contributed by atoms with Gasteiger partial charge in [-0.2, -0.15) is 0 Å². The summed E-state index contributed by atoms with van der Waals surface area (Å²) in [6.45, 7) is 7.93. The molecule has 0 aromatic heterocycles. The highest BCUT2D eigenvalue weighted by atomic mass is 16.5. The van der Waals surface area contributed by atoms with Crippen molar-refractivity contribution in [2.24, 2.45) is 10.9 Å². The molecule has 0 amide bonds. The molecule has 6 nitrogen and oxygen atoms in total. The number of aliphatic imine (C=N–C) groups is 1. The van der Waals surface area contributed by atoms with Crippen molar-refractivity contribution < 1.29 is 14.6 Å². The van der Waals surface area contributed by atoms with Gasteiger partial charge in [0.2, 0.25) is 0 Å². The number of carbonyl (C=O) groups is 1. The minimum absolute atomic E-state index is 0.0178. The first-order valence-corrected chi connectivity index (χ1v) is 13.1. The summed E-state index contributed by atoms with van der Waals surface area (Å²) in [5.41, 5.74) is 3.20. The van der Waals surface area contributed by atoms with Crippen LogP contribution in [-0.2, 0) is 9.53 Å². The van der Waals surface area contributed by atoms with Crippen molar-refractivity contribution in [2.75, 3.05) is 18.2 Å². The van der Waals surface area contributed by atoms with Gasteiger partial charge in [0.05, 0.1) is 12.1 Å². The first kappa shape index (κ1) is 25.2. The molecule has 1 heterocycles. The summed E-state index contributed by atoms with van der Waals surface area (Å²) in [4.78, 5) is 16.3. The smallest absolute Gasteiger partial charge is 0.308 e. The van der Waals surface area contributed by atoms with Gasteiger partial charge in [0.1, 0.15) is 12.6 Å². The molecule has 1 saturated carbocycles. The third-order valence-corrected chi connectivity index (χ3v) is 6.99. The van der Waals surface area contributed by atoms with Crippen molar-refractivity contribution in [3.8, 4) is 0 Å². The van der Waals surface area contributed by atoms with Crippen LogP contribution in [-0.4, -0.2) is 41.3 Å². The number of nitrogens with zero attached hydrogens (tertiary/aromatic N) is 3. The van der Waals surface area contributed by atoms with Gasteiger partial charge in [0.15, 0.2) is 0 Å². The molecule has 1 aliphatic carbocycles. The van der Waals surface area contributed by atoms with Gasteiger partial charge in [0, 0.05) is 12.6 Å². The molecule has 0 bridgehead atoms. The Morgan fingerprint density at radius 2 is 1.71 bits per heavy atom. The van der Waals surface area contributed by atoms with E-state index in [0.29, 0.717) is 24.6 Å². The van der Waals surface area contributed by atoms with Crippen LogP contribution >= 0.6 is 0 Å². The van der Waals surface area contributed by atoms with Gasteiger partial charge in [-0.15, -0.1) is 0 Å². The highest BCUT2D eigenvalue weighted by Crippen LogP contribution is 2.33. The van der Waals surface area contributed by atoms with Gasteiger partial charge < -0.3 is 9.84 Å². The summed E-state index contributed by atoms with van der Waals surface area (Å²) in [7, 11) is 0. The number of anilines is 1. The molecule has 0 spiro atoms. The molecule has 188 valence electrons. The molecule has 1 aliphatic heterocycles. The Hall–Kier alpha value is -2.86. The van der Waals surface area contributed by atoms with Crippen LogP contribution < -0.4 is 5.01 Å². The van der Waals surface area contributed by atoms with E-state index in [4.69, 9.17) is 9.73 Å². The van der Waals surface area contributed by atoms with E-state index >= 15 is 0 Å². The van der Waals surface area contributed by atoms with Gasteiger partial charge in [-0.3, -0.25) is 4.79 Å². The van der Waals surface area contributed by atoms with Gasteiger partial charge in [-0.1, -0.05) is 82.5 Å². The standard InChI is InChI=1S/C29H39N3O3/c1-21(2)19-31(25-12-8-5-9-13-25)32(26-16-14-23(15-17-26)22(3)18-28(33)34)29-30-27(20-35-29)24-10-6-4-7-11-24/h4,6-7,10-11,14-17,21-22,25,27H,5,8-9,12-13,18-20H2,1-3H3,(H,33,34)/t22?,27-/m0/s1. The van der Waals surface area contributed by atoms with Crippen LogP contribution in [0.3, 0.4) is 0 Å². The van der Waals surface area contributed by atoms with E-state index in [1.54, 1.807) is 0 Å². The zero-order chi connectivity index (χ0) is 24.8. The molecule has 35 heavy (non-hydrogen) atoms. The molecular formula is C29H39N3O3. The maximum absolute atomic E-state index is 11.2. The van der Waals surface area contributed by atoms with E-state index in [2.05, 4.69) is 60.3 Å². The number of aliphatic carboxylic acids is 1. The quantitative estimate of drug-likeness (QED) is 0.423. The number of carboxylic acid groups (broad SMARTS) is 1. The number of benzene rings is 2. The van der Waals surface area contributed by atoms with Crippen LogP contribution in [0.2, 0.25) is 0 Å². The Kier molecular flexibility index (Phi) is 8.45. The van der Waals surface area contributed by atoms with Gasteiger partial charge >= 0.3 is 12.0 Å². The van der Waals surface area contributed by atoms with E-state index in [1.165, 1.54) is 32.1 Å². The van der Waals surface area contributed by atoms with Crippen LogP contribution in [0.5, 0.6) is 0 Å². The van der Waals surface area contributed by atoms with E-state index in [0.717, 1.165) is 23.4 Å². The van der Waals surface area contributed by atoms with Crippen molar-refractivity contribution in [2.45, 2.75) is 77.3 Å². The average Bonchev–Trinajstić information content (AvgIpc) is 3.34. The van der Waals surface area contributed by atoms with Crippen molar-refractivity contribution in [1.29, 1.82) is 0 Å². The molecule has 4 rings (SSSR count). The van der Waals surface area contributed by atoms with E-state index in [9.17, 15) is 9.90 Å². The molecule has 2 aliphatic rings. The lowest BCUT2D eigenvalue weighted by molar-refractivity contribution is -0.137. The second-order valence-corrected chi connectivity index (χ2v) is 10.4.